The Labute approximate surface area is 153 Å². The minimum absolute atomic E-state index is 0.0765. The Bertz CT molecular complexity index is 836. The quantitative estimate of drug-likeness (QED) is 0.448. The van der Waals surface area contributed by atoms with Gasteiger partial charge in [-0.05, 0) is 24.6 Å². The summed E-state index contributed by atoms with van der Waals surface area (Å²) >= 11 is 3.10. The third kappa shape index (κ3) is 2.87. The van der Waals surface area contributed by atoms with Crippen LogP contribution in [0.3, 0.4) is 0 Å². The summed E-state index contributed by atoms with van der Waals surface area (Å²) in [6, 6.07) is 16.1. The molecule has 0 aliphatic carbocycles. The van der Waals surface area contributed by atoms with Crippen LogP contribution in [-0.2, 0) is 20.9 Å². The average Bonchev–Trinajstić information content (AvgIpc) is 2.64. The predicted octanol–water partition coefficient (Wildman–Crippen LogP) is 3.11. The molecule has 3 rings (SSSR count). The van der Waals surface area contributed by atoms with Crippen LogP contribution in [0.2, 0.25) is 0 Å². The Balaban J connectivity index is 2.10. The molecule has 0 radical (unpaired) electrons. The monoisotopic (exact) mass is 401 g/mol. The number of para-hydroxylation sites is 1. The largest absolute Gasteiger partial charge is 0.464 e. The van der Waals surface area contributed by atoms with Gasteiger partial charge in [0, 0.05) is 5.56 Å². The number of esters is 1. The lowest BCUT2D eigenvalue weighted by atomic mass is 9.89. The summed E-state index contributed by atoms with van der Waals surface area (Å²) in [4.78, 5) is 39.8. The normalized spacial score (nSPS) is 19.5. The minimum Gasteiger partial charge on any atom is -0.464 e. The van der Waals surface area contributed by atoms with E-state index < -0.39 is 22.0 Å². The van der Waals surface area contributed by atoms with E-state index in [-0.39, 0.29) is 13.2 Å². The number of ketones is 1. The van der Waals surface area contributed by atoms with Gasteiger partial charge in [-0.2, -0.15) is 0 Å². The molecule has 5 nitrogen and oxygen atoms in total. The number of anilines is 1. The number of halogens is 1. The van der Waals surface area contributed by atoms with Crippen molar-refractivity contribution < 1.29 is 19.1 Å². The summed E-state index contributed by atoms with van der Waals surface area (Å²) in [5, 5.41) is 0. The van der Waals surface area contributed by atoms with E-state index in [9.17, 15) is 14.4 Å². The average molecular weight is 402 g/mol. The van der Waals surface area contributed by atoms with Crippen LogP contribution < -0.4 is 4.90 Å². The van der Waals surface area contributed by atoms with E-state index in [1.54, 1.807) is 31.2 Å². The molecule has 0 bridgehead atoms. The van der Waals surface area contributed by atoms with Crippen LogP contribution in [0.4, 0.5) is 5.69 Å². The molecule has 128 valence electrons. The molecule has 2 aromatic carbocycles. The molecule has 1 aliphatic heterocycles. The topological polar surface area (TPSA) is 63.7 Å². The first-order valence-electron chi connectivity index (χ1n) is 7.86. The second-order valence-corrected chi connectivity index (χ2v) is 6.79. The SMILES string of the molecule is CCOC(=O)[C@]1(Br)C(=O)c2ccccc2N(Cc2ccccc2)C1=O. The Hall–Kier alpha value is -2.47. The van der Waals surface area contributed by atoms with Crippen molar-refractivity contribution in [1.82, 2.24) is 0 Å². The molecular weight excluding hydrogens is 386 g/mol. The van der Waals surface area contributed by atoms with Gasteiger partial charge in [-0.25, -0.2) is 4.79 Å². The molecule has 25 heavy (non-hydrogen) atoms. The fraction of sp³-hybridized carbons (Fsp3) is 0.211. The van der Waals surface area contributed by atoms with Gasteiger partial charge in [-0.15, -0.1) is 0 Å². The van der Waals surface area contributed by atoms with E-state index >= 15 is 0 Å². The van der Waals surface area contributed by atoms with Gasteiger partial charge < -0.3 is 9.64 Å². The maximum atomic E-state index is 13.1. The summed E-state index contributed by atoms with van der Waals surface area (Å²) in [7, 11) is 0. The number of ether oxygens (including phenoxy) is 1. The Morgan fingerprint density at radius 2 is 1.72 bits per heavy atom. The van der Waals surface area contributed by atoms with Crippen LogP contribution in [0, 0.1) is 0 Å². The number of hydrogen-bond acceptors (Lipinski definition) is 4. The highest BCUT2D eigenvalue weighted by Crippen LogP contribution is 2.39. The lowest BCUT2D eigenvalue weighted by Gasteiger charge is -2.36. The molecule has 0 aromatic heterocycles. The third-order valence-corrected chi connectivity index (χ3v) is 5.06. The third-order valence-electron chi connectivity index (χ3n) is 4.03. The van der Waals surface area contributed by atoms with Gasteiger partial charge in [0.1, 0.15) is 0 Å². The standard InChI is InChI=1S/C19H16BrNO4/c1-2-25-18(24)19(20)16(22)14-10-6-7-11-15(14)21(17(19)23)12-13-8-4-3-5-9-13/h3-11H,2,12H2,1H3/t19-/m0/s1. The van der Waals surface area contributed by atoms with Crippen LogP contribution in [0.1, 0.15) is 22.8 Å². The van der Waals surface area contributed by atoms with Gasteiger partial charge in [0.2, 0.25) is 5.78 Å². The lowest BCUT2D eigenvalue weighted by Crippen LogP contribution is -2.59. The Kier molecular flexibility index (Phi) is 4.72. The Morgan fingerprint density at radius 3 is 2.40 bits per heavy atom. The number of rotatable bonds is 4. The number of amides is 1. The van der Waals surface area contributed by atoms with Crippen molar-refractivity contribution >= 4 is 39.3 Å². The van der Waals surface area contributed by atoms with Gasteiger partial charge in [0.15, 0.2) is 0 Å². The molecule has 0 spiro atoms. The highest BCUT2D eigenvalue weighted by molar-refractivity contribution is 9.11. The van der Waals surface area contributed by atoms with Gasteiger partial charge in [0.05, 0.1) is 18.8 Å². The molecular formula is C19H16BrNO4. The van der Waals surface area contributed by atoms with Crippen molar-refractivity contribution in [2.45, 2.75) is 17.8 Å². The highest BCUT2D eigenvalue weighted by Gasteiger charge is 2.58. The number of Topliss-reactive ketones (excluding diaryl/α,β-unsaturated/α-hetero) is 1. The molecule has 0 fully saturated rings. The molecule has 0 saturated carbocycles. The summed E-state index contributed by atoms with van der Waals surface area (Å²) in [6.07, 6.45) is 0. The summed E-state index contributed by atoms with van der Waals surface area (Å²) < 4.78 is 2.94. The lowest BCUT2D eigenvalue weighted by molar-refractivity contribution is -0.147. The Morgan fingerprint density at radius 1 is 1.08 bits per heavy atom. The number of benzene rings is 2. The summed E-state index contributed by atoms with van der Waals surface area (Å²) in [5.41, 5.74) is 1.68. The van der Waals surface area contributed by atoms with E-state index in [0.717, 1.165) is 5.56 Å². The fourth-order valence-corrected chi connectivity index (χ4v) is 3.35. The van der Waals surface area contributed by atoms with Crippen LogP contribution in [0.15, 0.2) is 54.6 Å². The minimum atomic E-state index is -2.05. The first kappa shape index (κ1) is 17.4. The van der Waals surface area contributed by atoms with E-state index in [2.05, 4.69) is 15.9 Å². The summed E-state index contributed by atoms with van der Waals surface area (Å²) in [5.74, 6) is -2.13. The van der Waals surface area contributed by atoms with Crippen molar-refractivity contribution in [2.24, 2.45) is 0 Å². The van der Waals surface area contributed by atoms with Crippen molar-refractivity contribution in [1.29, 1.82) is 0 Å². The first-order chi connectivity index (χ1) is 12.0. The van der Waals surface area contributed by atoms with Crippen LogP contribution >= 0.6 is 15.9 Å². The van der Waals surface area contributed by atoms with Gasteiger partial charge in [-0.3, -0.25) is 9.59 Å². The second kappa shape index (κ2) is 6.80. The van der Waals surface area contributed by atoms with Gasteiger partial charge in [-0.1, -0.05) is 58.4 Å². The van der Waals surface area contributed by atoms with E-state index in [1.807, 2.05) is 30.3 Å². The molecule has 1 amide bonds. The van der Waals surface area contributed by atoms with Gasteiger partial charge >= 0.3 is 5.97 Å². The molecule has 6 heteroatoms. The first-order valence-corrected chi connectivity index (χ1v) is 8.65. The van der Waals surface area contributed by atoms with Crippen molar-refractivity contribution in [3.8, 4) is 0 Å². The zero-order chi connectivity index (χ0) is 18.0. The molecule has 0 saturated heterocycles. The zero-order valence-corrected chi connectivity index (χ0v) is 15.2. The second-order valence-electron chi connectivity index (χ2n) is 5.60. The number of carbonyl (C=O) groups excluding carboxylic acids is 3. The fourth-order valence-electron chi connectivity index (χ4n) is 2.81. The molecule has 1 atom stereocenters. The molecule has 0 N–H and O–H groups in total. The van der Waals surface area contributed by atoms with E-state index in [0.29, 0.717) is 11.3 Å². The van der Waals surface area contributed by atoms with E-state index in [4.69, 9.17) is 4.74 Å². The predicted molar refractivity (Wildman–Crippen MR) is 96.7 cm³/mol. The summed E-state index contributed by atoms with van der Waals surface area (Å²) in [6.45, 7) is 1.95. The number of fused-ring (bicyclic) bond motifs is 1. The van der Waals surface area contributed by atoms with Crippen molar-refractivity contribution in [3.63, 3.8) is 0 Å². The highest BCUT2D eigenvalue weighted by atomic mass is 79.9. The van der Waals surface area contributed by atoms with Crippen LogP contribution in [-0.4, -0.2) is 28.6 Å². The van der Waals surface area contributed by atoms with E-state index in [1.165, 1.54) is 4.90 Å². The van der Waals surface area contributed by atoms with Crippen LogP contribution in [0.5, 0.6) is 0 Å². The van der Waals surface area contributed by atoms with Crippen LogP contribution in [0.25, 0.3) is 0 Å². The molecule has 1 heterocycles. The van der Waals surface area contributed by atoms with Crippen molar-refractivity contribution in [3.05, 3.63) is 65.7 Å². The smallest absolute Gasteiger partial charge is 0.340 e. The number of alkyl halides is 1. The number of nitrogens with zero attached hydrogens (tertiary/aromatic N) is 1. The van der Waals surface area contributed by atoms with Gasteiger partial charge in [0.25, 0.3) is 10.2 Å². The molecule has 0 unspecified atom stereocenters. The number of hydrogen-bond donors (Lipinski definition) is 0. The molecule has 2 aromatic rings. The zero-order valence-electron chi connectivity index (χ0n) is 13.6. The van der Waals surface area contributed by atoms with Crippen molar-refractivity contribution in [2.75, 3.05) is 11.5 Å². The number of carbonyl (C=O) groups is 3. The maximum Gasteiger partial charge on any atom is 0.340 e. The molecule has 1 aliphatic rings. The maximum absolute atomic E-state index is 13.1.